The molecule has 0 aromatic heterocycles. The van der Waals surface area contributed by atoms with Crippen LogP contribution in [0.5, 0.6) is 0 Å². The van der Waals surface area contributed by atoms with E-state index in [1.165, 1.54) is 25.7 Å². The van der Waals surface area contributed by atoms with E-state index >= 15 is 0 Å². The van der Waals surface area contributed by atoms with Crippen LogP contribution in [0.4, 0.5) is 0 Å². The number of nitrogens with two attached hydrogens (primary N) is 1. The lowest BCUT2D eigenvalue weighted by molar-refractivity contribution is 0.0672. The molecule has 2 fully saturated rings. The Morgan fingerprint density at radius 2 is 1.89 bits per heavy atom. The van der Waals surface area contributed by atoms with Gasteiger partial charge in [0.15, 0.2) is 5.96 Å². The average Bonchev–Trinajstić information content (AvgIpc) is 2.85. The van der Waals surface area contributed by atoms with Crippen LogP contribution in [0.15, 0.2) is 4.99 Å². The summed E-state index contributed by atoms with van der Waals surface area (Å²) in [5.74, 6) is 0.702. The van der Waals surface area contributed by atoms with Gasteiger partial charge in [0.05, 0.1) is 13.2 Å². The number of ether oxygens (including phenoxy) is 1. The van der Waals surface area contributed by atoms with E-state index in [1.54, 1.807) is 0 Å². The molecule has 110 valence electrons. The average molecular weight is 268 g/mol. The second kappa shape index (κ2) is 6.57. The maximum Gasteiger partial charge on any atom is 0.191 e. The molecule has 0 spiro atoms. The van der Waals surface area contributed by atoms with Crippen LogP contribution in [0.1, 0.15) is 25.7 Å². The highest BCUT2D eigenvalue weighted by Gasteiger charge is 2.34. The number of hydrogen-bond acceptors (Lipinski definition) is 3. The third kappa shape index (κ3) is 4.08. The molecule has 1 aliphatic heterocycles. The minimum Gasteiger partial charge on any atom is -0.378 e. The molecule has 1 saturated heterocycles. The molecule has 5 nitrogen and oxygen atoms in total. The summed E-state index contributed by atoms with van der Waals surface area (Å²) in [5.41, 5.74) is 6.47. The smallest absolute Gasteiger partial charge is 0.191 e. The predicted octanol–water partition coefficient (Wildman–Crippen LogP) is 0.755. The van der Waals surface area contributed by atoms with E-state index in [1.807, 2.05) is 0 Å². The van der Waals surface area contributed by atoms with Gasteiger partial charge < -0.3 is 20.3 Å². The standard InChI is InChI=1S/C14H28N4O/c1-17(2)12-14(5-3-4-6-14)11-16-13(15)18-7-9-19-10-8-18/h3-12H2,1-2H3,(H2,15,16). The lowest BCUT2D eigenvalue weighted by Crippen LogP contribution is -2.45. The monoisotopic (exact) mass is 268 g/mol. The summed E-state index contributed by atoms with van der Waals surface area (Å²) in [4.78, 5) is 9.12. The zero-order valence-corrected chi connectivity index (χ0v) is 12.4. The van der Waals surface area contributed by atoms with Gasteiger partial charge in [0.25, 0.3) is 0 Å². The van der Waals surface area contributed by atoms with Crippen LogP contribution < -0.4 is 5.73 Å². The molecule has 1 heterocycles. The van der Waals surface area contributed by atoms with E-state index in [0.29, 0.717) is 11.4 Å². The lowest BCUT2D eigenvalue weighted by Gasteiger charge is -2.32. The maximum atomic E-state index is 6.12. The lowest BCUT2D eigenvalue weighted by atomic mass is 9.86. The number of hydrogen-bond donors (Lipinski definition) is 1. The zero-order chi connectivity index (χ0) is 13.7. The van der Waals surface area contributed by atoms with Crippen molar-refractivity contribution >= 4 is 5.96 Å². The highest BCUT2D eigenvalue weighted by Crippen LogP contribution is 2.38. The second-order valence-electron chi connectivity index (χ2n) is 6.22. The second-order valence-corrected chi connectivity index (χ2v) is 6.22. The Morgan fingerprint density at radius 3 is 2.47 bits per heavy atom. The van der Waals surface area contributed by atoms with Gasteiger partial charge in [-0.2, -0.15) is 0 Å². The molecule has 1 aliphatic carbocycles. The van der Waals surface area contributed by atoms with Crippen molar-refractivity contribution in [2.24, 2.45) is 16.1 Å². The largest absolute Gasteiger partial charge is 0.378 e. The maximum absolute atomic E-state index is 6.12. The molecule has 0 aromatic carbocycles. The molecule has 19 heavy (non-hydrogen) atoms. The molecule has 0 atom stereocenters. The molecule has 0 unspecified atom stereocenters. The fraction of sp³-hybridized carbons (Fsp3) is 0.929. The molecule has 0 bridgehead atoms. The van der Waals surface area contributed by atoms with E-state index in [0.717, 1.165) is 39.4 Å². The minimum atomic E-state index is 0.348. The van der Waals surface area contributed by atoms with Crippen molar-refractivity contribution in [2.45, 2.75) is 25.7 Å². The fourth-order valence-electron chi connectivity index (χ4n) is 3.30. The number of morpholine rings is 1. The van der Waals surface area contributed by atoms with E-state index in [2.05, 4.69) is 23.9 Å². The van der Waals surface area contributed by atoms with Crippen molar-refractivity contribution in [1.82, 2.24) is 9.80 Å². The molecule has 0 amide bonds. The fourth-order valence-corrected chi connectivity index (χ4v) is 3.30. The van der Waals surface area contributed by atoms with E-state index in [9.17, 15) is 0 Å². The first-order valence-electron chi connectivity index (χ1n) is 7.39. The first kappa shape index (κ1) is 14.6. The quantitative estimate of drug-likeness (QED) is 0.604. The predicted molar refractivity (Wildman–Crippen MR) is 78.3 cm³/mol. The van der Waals surface area contributed by atoms with E-state index in [4.69, 9.17) is 15.5 Å². The minimum absolute atomic E-state index is 0.348. The van der Waals surface area contributed by atoms with Gasteiger partial charge in [0, 0.05) is 31.6 Å². The highest BCUT2D eigenvalue weighted by molar-refractivity contribution is 5.78. The van der Waals surface area contributed by atoms with Gasteiger partial charge in [-0.3, -0.25) is 4.99 Å². The van der Waals surface area contributed by atoms with Crippen molar-refractivity contribution in [3.63, 3.8) is 0 Å². The molecule has 2 aliphatic rings. The number of guanidine groups is 1. The van der Waals surface area contributed by atoms with Crippen molar-refractivity contribution in [3.8, 4) is 0 Å². The normalized spacial score (nSPS) is 24.2. The molecule has 5 heteroatoms. The summed E-state index contributed by atoms with van der Waals surface area (Å²) in [5, 5.41) is 0. The molecule has 2 rings (SSSR count). The van der Waals surface area contributed by atoms with Gasteiger partial charge in [0.1, 0.15) is 0 Å². The Morgan fingerprint density at radius 1 is 1.26 bits per heavy atom. The first-order valence-corrected chi connectivity index (χ1v) is 7.39. The molecule has 1 saturated carbocycles. The number of nitrogens with zero attached hydrogens (tertiary/aromatic N) is 3. The van der Waals surface area contributed by atoms with Crippen LogP contribution in [0.25, 0.3) is 0 Å². The molecule has 0 radical (unpaired) electrons. The summed E-state index contributed by atoms with van der Waals surface area (Å²) in [6, 6.07) is 0. The van der Waals surface area contributed by atoms with E-state index in [-0.39, 0.29) is 0 Å². The van der Waals surface area contributed by atoms with Crippen LogP contribution >= 0.6 is 0 Å². The summed E-state index contributed by atoms with van der Waals surface area (Å²) < 4.78 is 5.34. The molecular weight excluding hydrogens is 240 g/mol. The van der Waals surface area contributed by atoms with Crippen LogP contribution in [0, 0.1) is 5.41 Å². The van der Waals surface area contributed by atoms with Gasteiger partial charge in [-0.15, -0.1) is 0 Å². The summed E-state index contributed by atoms with van der Waals surface area (Å²) >= 11 is 0. The van der Waals surface area contributed by atoms with E-state index < -0.39 is 0 Å². The Balaban J connectivity index is 1.93. The third-order valence-electron chi connectivity index (χ3n) is 4.23. The van der Waals surface area contributed by atoms with Crippen molar-refractivity contribution < 1.29 is 4.74 Å². The molecular formula is C14H28N4O. The van der Waals surface area contributed by atoms with Crippen molar-refractivity contribution in [1.29, 1.82) is 0 Å². The van der Waals surface area contributed by atoms with Crippen LogP contribution in [-0.4, -0.2) is 69.2 Å². The summed E-state index contributed by atoms with van der Waals surface area (Å²) in [6.45, 7) is 5.26. The third-order valence-corrected chi connectivity index (χ3v) is 4.23. The van der Waals surface area contributed by atoms with Crippen LogP contribution in [0.2, 0.25) is 0 Å². The first-order chi connectivity index (χ1) is 9.11. The van der Waals surface area contributed by atoms with Gasteiger partial charge in [-0.05, 0) is 26.9 Å². The Labute approximate surface area is 116 Å². The highest BCUT2D eigenvalue weighted by atomic mass is 16.5. The van der Waals surface area contributed by atoms with Gasteiger partial charge in [-0.25, -0.2) is 0 Å². The number of aliphatic imine (C=N–C) groups is 1. The molecule has 2 N–H and O–H groups in total. The van der Waals surface area contributed by atoms with Crippen molar-refractivity contribution in [3.05, 3.63) is 0 Å². The zero-order valence-electron chi connectivity index (χ0n) is 12.4. The topological polar surface area (TPSA) is 54.1 Å². The van der Waals surface area contributed by atoms with Crippen LogP contribution in [-0.2, 0) is 4.74 Å². The SMILES string of the molecule is CN(C)CC1(CN=C(N)N2CCOCC2)CCCC1. The van der Waals surface area contributed by atoms with Gasteiger partial charge >= 0.3 is 0 Å². The summed E-state index contributed by atoms with van der Waals surface area (Å²) in [7, 11) is 4.30. The van der Waals surface area contributed by atoms with Crippen LogP contribution in [0.3, 0.4) is 0 Å². The Kier molecular flexibility index (Phi) is 5.05. The summed E-state index contributed by atoms with van der Waals surface area (Å²) in [6.07, 6.45) is 5.23. The molecule has 0 aromatic rings. The Bertz CT molecular complexity index is 305. The number of rotatable bonds is 4. The van der Waals surface area contributed by atoms with Gasteiger partial charge in [-0.1, -0.05) is 12.8 Å². The van der Waals surface area contributed by atoms with Crippen molar-refractivity contribution in [2.75, 3.05) is 53.5 Å². The van der Waals surface area contributed by atoms with Gasteiger partial charge in [0.2, 0.25) is 0 Å². The Hall–Kier alpha value is -0.810.